The first-order valence-corrected chi connectivity index (χ1v) is 14.1. The Morgan fingerprint density at radius 3 is 1.67 bits per heavy atom. The van der Waals surface area contributed by atoms with Gasteiger partial charge in [0.1, 0.15) is 40.6 Å². The Bertz CT molecular complexity index is 1720. The van der Waals surface area contributed by atoms with Gasteiger partial charge in [-0.25, -0.2) is 0 Å². The molecule has 1 aliphatic heterocycles. The number of carbonyl (C=O) groups excluding carboxylic acids is 3. The number of benzene rings is 4. The molecule has 0 bridgehead atoms. The molecular formula is C36H32O9. The molecule has 0 saturated heterocycles. The van der Waals surface area contributed by atoms with Crippen molar-refractivity contribution < 1.29 is 42.8 Å². The minimum Gasteiger partial charge on any atom is -0.497 e. The average molecular weight is 609 g/mol. The fourth-order valence-corrected chi connectivity index (χ4v) is 5.24. The zero-order valence-corrected chi connectivity index (χ0v) is 25.5. The van der Waals surface area contributed by atoms with Gasteiger partial charge in [-0.05, 0) is 70.8 Å². The molecule has 9 heteroatoms. The van der Waals surface area contributed by atoms with E-state index in [9.17, 15) is 14.4 Å². The molecule has 4 aromatic carbocycles. The molecule has 4 aromatic rings. The predicted molar refractivity (Wildman–Crippen MR) is 167 cm³/mol. The van der Waals surface area contributed by atoms with E-state index in [1.807, 2.05) is 60.7 Å². The van der Waals surface area contributed by atoms with Crippen molar-refractivity contribution in [2.24, 2.45) is 0 Å². The molecule has 1 heterocycles. The predicted octanol–water partition coefficient (Wildman–Crippen LogP) is 6.92. The van der Waals surface area contributed by atoms with Crippen molar-refractivity contribution in [3.05, 3.63) is 107 Å². The summed E-state index contributed by atoms with van der Waals surface area (Å²) in [4.78, 5) is 35.2. The van der Waals surface area contributed by atoms with E-state index in [1.54, 1.807) is 38.5 Å². The first kappa shape index (κ1) is 30.9. The first-order chi connectivity index (χ1) is 21.6. The Hall–Kier alpha value is -5.57. The summed E-state index contributed by atoms with van der Waals surface area (Å²) in [7, 11) is 3.21. The van der Waals surface area contributed by atoms with Crippen LogP contribution in [0.25, 0.3) is 12.2 Å². The van der Waals surface area contributed by atoms with E-state index in [-0.39, 0.29) is 11.5 Å². The van der Waals surface area contributed by atoms with Crippen molar-refractivity contribution in [2.75, 3.05) is 14.2 Å². The number of hydrogen-bond acceptors (Lipinski definition) is 9. The van der Waals surface area contributed by atoms with Gasteiger partial charge >= 0.3 is 17.9 Å². The molecule has 2 atom stereocenters. The number of rotatable bonds is 9. The highest BCUT2D eigenvalue weighted by atomic mass is 16.5. The topological polar surface area (TPSA) is 107 Å². The van der Waals surface area contributed by atoms with Crippen LogP contribution in [-0.4, -0.2) is 32.1 Å². The summed E-state index contributed by atoms with van der Waals surface area (Å²) in [5.74, 6) is 1.06. The molecule has 0 fully saturated rings. The molecule has 230 valence electrons. The van der Waals surface area contributed by atoms with Crippen LogP contribution in [0.15, 0.2) is 78.9 Å². The third-order valence-electron chi connectivity index (χ3n) is 7.02. The maximum Gasteiger partial charge on any atom is 0.308 e. The molecule has 0 N–H and O–H groups in total. The van der Waals surface area contributed by atoms with Crippen LogP contribution in [0.4, 0.5) is 0 Å². The second-order valence-corrected chi connectivity index (χ2v) is 10.4. The maximum absolute atomic E-state index is 11.9. The van der Waals surface area contributed by atoms with Gasteiger partial charge in [0.2, 0.25) is 0 Å². The lowest BCUT2D eigenvalue weighted by molar-refractivity contribution is -0.133. The zero-order chi connectivity index (χ0) is 32.1. The number of hydrogen-bond donors (Lipinski definition) is 0. The summed E-state index contributed by atoms with van der Waals surface area (Å²) >= 11 is 0. The fourth-order valence-electron chi connectivity index (χ4n) is 5.24. The Labute approximate surface area is 260 Å². The summed E-state index contributed by atoms with van der Waals surface area (Å²) in [6, 6.07) is 23.6. The standard InChI is InChI=1S/C36H32O9/c1-21(37)42-28-11-9-26(10-12-28)36-35(27-17-31(43-22(2)38)20-32(18-27)44-23(3)39)33-16-24(8-13-34(33)45-36)6-7-25-14-29(40-4)19-30(15-25)41-5/h6-20,35-36H,1-5H3/b7-6+/t35-,36+/m0/s1. The van der Waals surface area contributed by atoms with Crippen LogP contribution in [0.3, 0.4) is 0 Å². The highest BCUT2D eigenvalue weighted by molar-refractivity contribution is 5.74. The highest BCUT2D eigenvalue weighted by Gasteiger charge is 2.37. The van der Waals surface area contributed by atoms with Crippen LogP contribution in [0, 0.1) is 0 Å². The van der Waals surface area contributed by atoms with Crippen LogP contribution in [0.5, 0.6) is 34.5 Å². The molecule has 9 nitrogen and oxygen atoms in total. The SMILES string of the molecule is COc1cc(/C=C/c2ccc3c(c2)[C@H](c2cc(OC(C)=O)cc(OC(C)=O)c2)[C@@H](c2ccc(OC(C)=O)cc2)O3)cc(OC)c1. The van der Waals surface area contributed by atoms with Crippen molar-refractivity contribution in [2.45, 2.75) is 32.8 Å². The third kappa shape index (κ3) is 7.51. The van der Waals surface area contributed by atoms with Gasteiger partial charge in [-0.3, -0.25) is 14.4 Å². The third-order valence-corrected chi connectivity index (χ3v) is 7.02. The number of carbonyl (C=O) groups is 3. The van der Waals surface area contributed by atoms with Gasteiger partial charge in [-0.1, -0.05) is 30.4 Å². The van der Waals surface area contributed by atoms with E-state index in [0.717, 1.165) is 22.3 Å². The maximum atomic E-state index is 11.9. The molecule has 5 rings (SSSR count). The van der Waals surface area contributed by atoms with Gasteiger partial charge in [-0.2, -0.15) is 0 Å². The summed E-state index contributed by atoms with van der Waals surface area (Å²) in [5.41, 5.74) is 4.20. The molecular weight excluding hydrogens is 576 g/mol. The summed E-state index contributed by atoms with van der Waals surface area (Å²) in [5, 5.41) is 0. The van der Waals surface area contributed by atoms with Crippen molar-refractivity contribution in [3.63, 3.8) is 0 Å². The van der Waals surface area contributed by atoms with Crippen molar-refractivity contribution in [1.29, 1.82) is 0 Å². The Balaban J connectivity index is 1.59. The second kappa shape index (κ2) is 13.4. The summed E-state index contributed by atoms with van der Waals surface area (Å²) in [6.45, 7) is 3.95. The van der Waals surface area contributed by atoms with Crippen molar-refractivity contribution >= 4 is 30.1 Å². The van der Waals surface area contributed by atoms with Gasteiger partial charge in [0.15, 0.2) is 0 Å². The number of methoxy groups -OCH3 is 2. The van der Waals surface area contributed by atoms with E-state index in [4.69, 9.17) is 28.4 Å². The van der Waals surface area contributed by atoms with E-state index in [2.05, 4.69) is 0 Å². The largest absolute Gasteiger partial charge is 0.497 e. The fraction of sp³-hybridized carbons (Fsp3) is 0.194. The minimum atomic E-state index is -0.511. The van der Waals surface area contributed by atoms with Crippen LogP contribution >= 0.6 is 0 Å². The number of fused-ring (bicyclic) bond motifs is 1. The summed E-state index contributed by atoms with van der Waals surface area (Å²) < 4.78 is 33.4. The molecule has 0 saturated carbocycles. The van der Waals surface area contributed by atoms with Gasteiger partial charge in [0, 0.05) is 38.5 Å². The quantitative estimate of drug-likeness (QED) is 0.114. The molecule has 45 heavy (non-hydrogen) atoms. The van der Waals surface area contributed by atoms with Gasteiger partial charge < -0.3 is 28.4 Å². The van der Waals surface area contributed by atoms with E-state index in [0.29, 0.717) is 28.6 Å². The lowest BCUT2D eigenvalue weighted by Gasteiger charge is -2.21. The Kier molecular flexibility index (Phi) is 9.18. The molecule has 0 aromatic heterocycles. The smallest absolute Gasteiger partial charge is 0.308 e. The molecule has 0 radical (unpaired) electrons. The van der Waals surface area contributed by atoms with Crippen molar-refractivity contribution in [1.82, 2.24) is 0 Å². The zero-order valence-electron chi connectivity index (χ0n) is 25.5. The molecule has 0 aliphatic carbocycles. The van der Waals surface area contributed by atoms with Crippen LogP contribution in [0.2, 0.25) is 0 Å². The van der Waals surface area contributed by atoms with E-state index in [1.165, 1.54) is 26.8 Å². The average Bonchev–Trinajstić information content (AvgIpc) is 3.38. The van der Waals surface area contributed by atoms with Gasteiger partial charge in [0.05, 0.1) is 20.1 Å². The summed E-state index contributed by atoms with van der Waals surface area (Å²) in [6.07, 6.45) is 3.43. The number of ether oxygens (including phenoxy) is 6. The van der Waals surface area contributed by atoms with Crippen LogP contribution in [0.1, 0.15) is 60.6 Å². The van der Waals surface area contributed by atoms with Gasteiger partial charge in [0.25, 0.3) is 0 Å². The lowest BCUT2D eigenvalue weighted by atomic mass is 9.84. The first-order valence-electron chi connectivity index (χ1n) is 14.1. The van der Waals surface area contributed by atoms with Crippen molar-refractivity contribution in [3.8, 4) is 34.5 Å². The monoisotopic (exact) mass is 608 g/mol. The lowest BCUT2D eigenvalue weighted by Crippen LogP contribution is -2.13. The Morgan fingerprint density at radius 2 is 1.11 bits per heavy atom. The van der Waals surface area contributed by atoms with E-state index >= 15 is 0 Å². The Morgan fingerprint density at radius 1 is 0.578 bits per heavy atom. The molecule has 0 unspecified atom stereocenters. The normalized spacial score (nSPS) is 15.1. The van der Waals surface area contributed by atoms with Gasteiger partial charge in [-0.15, -0.1) is 0 Å². The van der Waals surface area contributed by atoms with Crippen LogP contribution < -0.4 is 28.4 Å². The molecule has 0 spiro atoms. The van der Waals surface area contributed by atoms with Crippen LogP contribution in [-0.2, 0) is 14.4 Å². The molecule has 0 amide bonds. The van der Waals surface area contributed by atoms with E-state index < -0.39 is 29.9 Å². The highest BCUT2D eigenvalue weighted by Crippen LogP contribution is 2.51. The number of esters is 3. The second-order valence-electron chi connectivity index (χ2n) is 10.4. The minimum absolute atomic E-state index is 0.233. The molecule has 1 aliphatic rings.